The zero-order valence-corrected chi connectivity index (χ0v) is 11.3. The van der Waals surface area contributed by atoms with Crippen LogP contribution in [0.5, 0.6) is 11.8 Å². The standard InChI is InChI=1S/C14H16FN3O2/c1-19-12-8-17-13(14(18-12)20-2)11(16)7-9-4-3-5-10(15)6-9/h3-6,8,11H,7,16H2,1-2H3. The molecule has 0 saturated carbocycles. The maximum absolute atomic E-state index is 13.2. The van der Waals surface area contributed by atoms with Gasteiger partial charge in [-0.25, -0.2) is 9.37 Å². The molecule has 5 nitrogen and oxygen atoms in total. The van der Waals surface area contributed by atoms with Crippen LogP contribution in [0.1, 0.15) is 17.3 Å². The summed E-state index contributed by atoms with van der Waals surface area (Å²) in [5.74, 6) is 0.374. The lowest BCUT2D eigenvalue weighted by atomic mass is 10.0. The summed E-state index contributed by atoms with van der Waals surface area (Å²) < 4.78 is 23.3. The predicted molar refractivity (Wildman–Crippen MR) is 72.2 cm³/mol. The van der Waals surface area contributed by atoms with E-state index in [1.165, 1.54) is 32.5 Å². The summed E-state index contributed by atoms with van der Waals surface area (Å²) in [4.78, 5) is 8.34. The van der Waals surface area contributed by atoms with Gasteiger partial charge in [-0.2, -0.15) is 4.98 Å². The zero-order chi connectivity index (χ0) is 14.5. The van der Waals surface area contributed by atoms with E-state index in [-0.39, 0.29) is 5.82 Å². The van der Waals surface area contributed by atoms with Gasteiger partial charge >= 0.3 is 0 Å². The van der Waals surface area contributed by atoms with Crippen molar-refractivity contribution in [2.24, 2.45) is 5.73 Å². The Kier molecular flexibility index (Phi) is 4.47. The Morgan fingerprint density at radius 2 is 2.10 bits per heavy atom. The number of aromatic nitrogens is 2. The van der Waals surface area contributed by atoms with Crippen LogP contribution in [-0.4, -0.2) is 24.2 Å². The third-order valence-electron chi connectivity index (χ3n) is 2.84. The van der Waals surface area contributed by atoms with Gasteiger partial charge in [0, 0.05) is 0 Å². The summed E-state index contributed by atoms with van der Waals surface area (Å²) in [6.45, 7) is 0. The maximum atomic E-state index is 13.2. The van der Waals surface area contributed by atoms with Crippen molar-refractivity contribution in [3.63, 3.8) is 0 Å². The first-order valence-corrected chi connectivity index (χ1v) is 6.09. The maximum Gasteiger partial charge on any atom is 0.240 e. The van der Waals surface area contributed by atoms with Gasteiger partial charge in [0.05, 0.1) is 26.5 Å². The van der Waals surface area contributed by atoms with E-state index >= 15 is 0 Å². The second kappa shape index (κ2) is 6.29. The molecule has 0 bridgehead atoms. The van der Waals surface area contributed by atoms with Crippen molar-refractivity contribution in [3.8, 4) is 11.8 Å². The first kappa shape index (κ1) is 14.2. The molecule has 0 amide bonds. The first-order chi connectivity index (χ1) is 9.63. The van der Waals surface area contributed by atoms with Crippen LogP contribution in [0.15, 0.2) is 30.5 Å². The topological polar surface area (TPSA) is 70.3 Å². The van der Waals surface area contributed by atoms with Gasteiger partial charge in [-0.3, -0.25) is 0 Å². The zero-order valence-electron chi connectivity index (χ0n) is 11.3. The molecule has 0 radical (unpaired) electrons. The van der Waals surface area contributed by atoms with Crippen LogP contribution < -0.4 is 15.2 Å². The third kappa shape index (κ3) is 3.21. The summed E-state index contributed by atoms with van der Waals surface area (Å²) >= 11 is 0. The van der Waals surface area contributed by atoms with Gasteiger partial charge in [-0.05, 0) is 24.1 Å². The third-order valence-corrected chi connectivity index (χ3v) is 2.84. The van der Waals surface area contributed by atoms with E-state index in [2.05, 4.69) is 9.97 Å². The molecule has 0 aliphatic heterocycles. The van der Waals surface area contributed by atoms with Gasteiger partial charge in [0.25, 0.3) is 0 Å². The molecule has 0 saturated heterocycles. The molecule has 2 aromatic rings. The predicted octanol–water partition coefficient (Wildman–Crippen LogP) is 1.88. The van der Waals surface area contributed by atoms with Crippen LogP contribution in [0.4, 0.5) is 4.39 Å². The molecule has 1 aromatic carbocycles. The normalized spacial score (nSPS) is 12.0. The van der Waals surface area contributed by atoms with Crippen LogP contribution in [0.25, 0.3) is 0 Å². The number of nitrogens with two attached hydrogens (primary N) is 1. The Morgan fingerprint density at radius 1 is 1.30 bits per heavy atom. The van der Waals surface area contributed by atoms with Crippen LogP contribution in [0, 0.1) is 5.82 Å². The Hall–Kier alpha value is -2.21. The number of benzene rings is 1. The quantitative estimate of drug-likeness (QED) is 0.903. The Morgan fingerprint density at radius 3 is 2.75 bits per heavy atom. The molecule has 2 N–H and O–H groups in total. The van der Waals surface area contributed by atoms with E-state index in [1.807, 2.05) is 6.07 Å². The minimum atomic E-state index is -0.440. The smallest absolute Gasteiger partial charge is 0.240 e. The molecule has 1 heterocycles. The van der Waals surface area contributed by atoms with Crippen LogP contribution in [-0.2, 0) is 6.42 Å². The molecular weight excluding hydrogens is 261 g/mol. The van der Waals surface area contributed by atoms with Crippen molar-refractivity contribution >= 4 is 0 Å². The lowest BCUT2D eigenvalue weighted by molar-refractivity contribution is 0.353. The Balaban J connectivity index is 2.22. The van der Waals surface area contributed by atoms with Crippen molar-refractivity contribution in [1.29, 1.82) is 0 Å². The number of methoxy groups -OCH3 is 2. The molecule has 2 rings (SSSR count). The number of nitrogens with zero attached hydrogens (tertiary/aromatic N) is 2. The lowest BCUT2D eigenvalue weighted by Gasteiger charge is -2.14. The largest absolute Gasteiger partial charge is 0.480 e. The average molecular weight is 277 g/mol. The molecule has 106 valence electrons. The lowest BCUT2D eigenvalue weighted by Crippen LogP contribution is -2.17. The molecule has 20 heavy (non-hydrogen) atoms. The molecular formula is C14H16FN3O2. The van der Waals surface area contributed by atoms with Crippen molar-refractivity contribution in [1.82, 2.24) is 9.97 Å². The molecule has 1 unspecified atom stereocenters. The van der Waals surface area contributed by atoms with E-state index < -0.39 is 6.04 Å². The molecule has 0 spiro atoms. The molecule has 0 aliphatic rings. The SMILES string of the molecule is COc1cnc(C(N)Cc2cccc(F)c2)c(OC)n1. The number of halogens is 1. The van der Waals surface area contributed by atoms with Crippen LogP contribution >= 0.6 is 0 Å². The highest BCUT2D eigenvalue weighted by atomic mass is 19.1. The van der Waals surface area contributed by atoms with Gasteiger partial charge in [-0.15, -0.1) is 0 Å². The van der Waals surface area contributed by atoms with Crippen molar-refractivity contribution in [2.75, 3.05) is 14.2 Å². The monoisotopic (exact) mass is 277 g/mol. The minimum Gasteiger partial charge on any atom is -0.480 e. The number of hydrogen-bond donors (Lipinski definition) is 1. The highest BCUT2D eigenvalue weighted by Gasteiger charge is 2.17. The molecule has 1 atom stereocenters. The summed E-state index contributed by atoms with van der Waals surface area (Å²) in [6, 6.07) is 5.86. The van der Waals surface area contributed by atoms with Crippen LogP contribution in [0.3, 0.4) is 0 Å². The van der Waals surface area contributed by atoms with Gasteiger partial charge in [0.15, 0.2) is 0 Å². The van der Waals surface area contributed by atoms with E-state index in [9.17, 15) is 4.39 Å². The van der Waals surface area contributed by atoms with Crippen molar-refractivity contribution < 1.29 is 13.9 Å². The molecule has 1 aromatic heterocycles. The summed E-state index contributed by atoms with van der Waals surface area (Å²) in [5, 5.41) is 0. The molecule has 6 heteroatoms. The summed E-state index contributed by atoms with van der Waals surface area (Å²) in [7, 11) is 2.98. The fourth-order valence-corrected chi connectivity index (χ4v) is 1.88. The van der Waals surface area contributed by atoms with E-state index in [1.54, 1.807) is 6.07 Å². The second-order valence-corrected chi connectivity index (χ2v) is 4.25. The first-order valence-electron chi connectivity index (χ1n) is 6.09. The number of ether oxygens (including phenoxy) is 2. The van der Waals surface area contributed by atoms with Crippen molar-refractivity contribution in [2.45, 2.75) is 12.5 Å². The minimum absolute atomic E-state index is 0.289. The Labute approximate surface area is 116 Å². The fraction of sp³-hybridized carbons (Fsp3) is 0.286. The van der Waals surface area contributed by atoms with E-state index in [4.69, 9.17) is 15.2 Å². The van der Waals surface area contributed by atoms with Gasteiger partial charge < -0.3 is 15.2 Å². The van der Waals surface area contributed by atoms with Crippen LogP contribution in [0.2, 0.25) is 0 Å². The Bertz CT molecular complexity index is 592. The van der Waals surface area contributed by atoms with E-state index in [0.29, 0.717) is 23.9 Å². The van der Waals surface area contributed by atoms with Gasteiger partial charge in [-0.1, -0.05) is 12.1 Å². The van der Waals surface area contributed by atoms with Gasteiger partial charge in [0.1, 0.15) is 11.5 Å². The molecule has 0 fully saturated rings. The highest BCUT2D eigenvalue weighted by Crippen LogP contribution is 2.24. The molecule has 0 aliphatic carbocycles. The summed E-state index contributed by atoms with van der Waals surface area (Å²) in [5.41, 5.74) is 7.40. The summed E-state index contributed by atoms with van der Waals surface area (Å²) in [6.07, 6.45) is 1.92. The number of rotatable bonds is 5. The van der Waals surface area contributed by atoms with Gasteiger partial charge in [0.2, 0.25) is 11.8 Å². The fourth-order valence-electron chi connectivity index (χ4n) is 1.88. The number of hydrogen-bond acceptors (Lipinski definition) is 5. The van der Waals surface area contributed by atoms with E-state index in [0.717, 1.165) is 5.56 Å². The highest BCUT2D eigenvalue weighted by molar-refractivity contribution is 5.28. The second-order valence-electron chi connectivity index (χ2n) is 4.25. The average Bonchev–Trinajstić information content (AvgIpc) is 2.46. The van der Waals surface area contributed by atoms with Crippen molar-refractivity contribution in [3.05, 3.63) is 47.5 Å².